The molecule has 2 rings (SSSR count). The Bertz CT molecular complexity index is 568. The van der Waals surface area contributed by atoms with E-state index in [1.165, 1.54) is 5.56 Å². The second-order valence-electron chi connectivity index (χ2n) is 4.38. The summed E-state index contributed by atoms with van der Waals surface area (Å²) < 4.78 is 5.90. The number of hydrogen-bond acceptors (Lipinski definition) is 3. The van der Waals surface area contributed by atoms with Crippen LogP contribution >= 0.6 is 15.9 Å². The van der Waals surface area contributed by atoms with Crippen molar-refractivity contribution in [1.82, 2.24) is 15.4 Å². The predicted molar refractivity (Wildman–Crippen MR) is 82.3 cm³/mol. The molecule has 0 aliphatic rings. The lowest BCUT2D eigenvalue weighted by Crippen LogP contribution is -2.38. The first-order valence-corrected chi connectivity index (χ1v) is 7.04. The minimum Gasteiger partial charge on any atom is -0.364 e. The fraction of sp³-hybridized carbons (Fsp3) is 0.286. The topological polar surface area (TPSA) is 53.7 Å². The summed E-state index contributed by atoms with van der Waals surface area (Å²) in [7, 11) is 3.73. The van der Waals surface area contributed by atoms with Crippen LogP contribution in [0.15, 0.2) is 50.6 Å². The first-order valence-electron chi connectivity index (χ1n) is 6.24. The van der Waals surface area contributed by atoms with Gasteiger partial charge >= 0.3 is 0 Å². The Morgan fingerprint density at radius 3 is 2.95 bits per heavy atom. The molecule has 20 heavy (non-hydrogen) atoms. The highest BCUT2D eigenvalue weighted by Crippen LogP contribution is 2.11. The molecule has 1 N–H and O–H groups in total. The van der Waals surface area contributed by atoms with Crippen LogP contribution in [-0.2, 0) is 13.1 Å². The largest absolute Gasteiger partial charge is 0.364 e. The van der Waals surface area contributed by atoms with Crippen LogP contribution in [0.3, 0.4) is 0 Å². The molecule has 0 aliphatic heterocycles. The van der Waals surface area contributed by atoms with Gasteiger partial charge in [0.25, 0.3) is 0 Å². The third-order valence-electron chi connectivity index (χ3n) is 2.80. The SMILES string of the molecule is CN=C(NCc1cccc(Br)c1)N(C)Cc1ccon1. The molecular weight excluding hydrogens is 320 g/mol. The molecule has 0 spiro atoms. The van der Waals surface area contributed by atoms with Crippen molar-refractivity contribution in [3.8, 4) is 0 Å². The highest BCUT2D eigenvalue weighted by molar-refractivity contribution is 9.10. The molecule has 0 unspecified atom stereocenters. The minimum atomic E-state index is 0.647. The molecule has 106 valence electrons. The average Bonchev–Trinajstić information content (AvgIpc) is 2.92. The molecule has 0 fully saturated rings. The standard InChI is InChI=1S/C14H17BrN4O/c1-16-14(19(2)10-13-6-7-20-18-13)17-9-11-4-3-5-12(15)8-11/h3-8H,9-10H2,1-2H3,(H,16,17). The van der Waals surface area contributed by atoms with Gasteiger partial charge in [-0.1, -0.05) is 33.2 Å². The molecule has 2 aromatic rings. The molecule has 1 heterocycles. The minimum absolute atomic E-state index is 0.647. The highest BCUT2D eigenvalue weighted by Gasteiger charge is 2.08. The van der Waals surface area contributed by atoms with Crippen LogP contribution in [0.4, 0.5) is 0 Å². The fourth-order valence-corrected chi connectivity index (χ4v) is 2.30. The molecule has 6 heteroatoms. The molecular formula is C14H17BrN4O. The van der Waals surface area contributed by atoms with Crippen molar-refractivity contribution in [2.24, 2.45) is 4.99 Å². The summed E-state index contributed by atoms with van der Waals surface area (Å²) in [6.07, 6.45) is 1.57. The summed E-state index contributed by atoms with van der Waals surface area (Å²) in [5, 5.41) is 7.22. The maximum absolute atomic E-state index is 4.83. The number of halogens is 1. The molecule has 0 aliphatic carbocycles. The molecule has 0 saturated carbocycles. The Morgan fingerprint density at radius 1 is 1.45 bits per heavy atom. The van der Waals surface area contributed by atoms with Gasteiger partial charge in [-0.25, -0.2) is 0 Å². The second kappa shape index (κ2) is 7.09. The van der Waals surface area contributed by atoms with Crippen LogP contribution in [-0.4, -0.2) is 30.1 Å². The predicted octanol–water partition coefficient (Wildman–Crippen LogP) is 2.64. The van der Waals surface area contributed by atoms with Gasteiger partial charge in [0, 0.05) is 31.2 Å². The number of aromatic nitrogens is 1. The normalized spacial score (nSPS) is 11.4. The molecule has 5 nitrogen and oxygen atoms in total. The smallest absolute Gasteiger partial charge is 0.194 e. The molecule has 0 saturated heterocycles. The first-order chi connectivity index (χ1) is 9.69. The third-order valence-corrected chi connectivity index (χ3v) is 3.30. The van der Waals surface area contributed by atoms with Crippen molar-refractivity contribution >= 4 is 21.9 Å². The van der Waals surface area contributed by atoms with E-state index in [1.807, 2.05) is 30.1 Å². The molecule has 0 amide bonds. The van der Waals surface area contributed by atoms with Gasteiger partial charge in [0.2, 0.25) is 0 Å². The zero-order valence-corrected chi connectivity index (χ0v) is 13.1. The van der Waals surface area contributed by atoms with E-state index >= 15 is 0 Å². The summed E-state index contributed by atoms with van der Waals surface area (Å²) >= 11 is 3.47. The van der Waals surface area contributed by atoms with Crippen molar-refractivity contribution in [1.29, 1.82) is 0 Å². The zero-order chi connectivity index (χ0) is 14.4. The van der Waals surface area contributed by atoms with E-state index in [0.29, 0.717) is 6.54 Å². The molecule has 0 radical (unpaired) electrons. The number of rotatable bonds is 4. The van der Waals surface area contributed by atoms with Crippen molar-refractivity contribution in [3.63, 3.8) is 0 Å². The molecule has 0 bridgehead atoms. The van der Waals surface area contributed by atoms with Gasteiger partial charge in [0.1, 0.15) is 12.0 Å². The van der Waals surface area contributed by atoms with Gasteiger partial charge in [-0.15, -0.1) is 0 Å². The summed E-state index contributed by atoms with van der Waals surface area (Å²) in [5.41, 5.74) is 2.06. The Morgan fingerprint density at radius 2 is 2.30 bits per heavy atom. The quantitative estimate of drug-likeness (QED) is 0.688. The Labute approximate surface area is 126 Å². The van der Waals surface area contributed by atoms with E-state index in [1.54, 1.807) is 13.3 Å². The maximum Gasteiger partial charge on any atom is 0.194 e. The lowest BCUT2D eigenvalue weighted by molar-refractivity contribution is 0.391. The summed E-state index contributed by atoms with van der Waals surface area (Å²) in [6.45, 7) is 1.37. The third kappa shape index (κ3) is 4.09. The number of nitrogens with one attached hydrogen (secondary N) is 1. The summed E-state index contributed by atoms with van der Waals surface area (Å²) in [6, 6.07) is 10.0. The molecule has 0 atom stereocenters. The van der Waals surface area contributed by atoms with Crippen molar-refractivity contribution < 1.29 is 4.52 Å². The second-order valence-corrected chi connectivity index (χ2v) is 5.29. The highest BCUT2D eigenvalue weighted by atomic mass is 79.9. The lowest BCUT2D eigenvalue weighted by atomic mass is 10.2. The Balaban J connectivity index is 1.92. The Kier molecular flexibility index (Phi) is 5.17. The maximum atomic E-state index is 4.83. The van der Waals surface area contributed by atoms with Gasteiger partial charge in [-0.2, -0.15) is 0 Å². The van der Waals surface area contributed by atoms with E-state index in [9.17, 15) is 0 Å². The number of aliphatic imine (C=N–C) groups is 1. The molecule has 1 aromatic heterocycles. The average molecular weight is 337 g/mol. The van der Waals surface area contributed by atoms with Crippen LogP contribution in [0.5, 0.6) is 0 Å². The van der Waals surface area contributed by atoms with E-state index in [2.05, 4.69) is 43.5 Å². The van der Waals surface area contributed by atoms with Gasteiger partial charge in [0.15, 0.2) is 5.96 Å². The van der Waals surface area contributed by atoms with Crippen LogP contribution in [0.1, 0.15) is 11.3 Å². The van der Waals surface area contributed by atoms with E-state index in [0.717, 1.165) is 22.7 Å². The Hall–Kier alpha value is -1.82. The van der Waals surface area contributed by atoms with Gasteiger partial charge < -0.3 is 14.7 Å². The van der Waals surface area contributed by atoms with E-state index in [-0.39, 0.29) is 0 Å². The number of hydrogen-bond donors (Lipinski definition) is 1. The number of benzene rings is 1. The van der Waals surface area contributed by atoms with Crippen LogP contribution < -0.4 is 5.32 Å². The van der Waals surface area contributed by atoms with Crippen LogP contribution in [0.25, 0.3) is 0 Å². The van der Waals surface area contributed by atoms with Gasteiger partial charge in [-0.3, -0.25) is 4.99 Å². The van der Waals surface area contributed by atoms with Crippen LogP contribution in [0, 0.1) is 0 Å². The number of nitrogens with zero attached hydrogens (tertiary/aromatic N) is 3. The number of guanidine groups is 1. The zero-order valence-electron chi connectivity index (χ0n) is 11.5. The van der Waals surface area contributed by atoms with E-state index < -0.39 is 0 Å². The van der Waals surface area contributed by atoms with Gasteiger partial charge in [0.05, 0.1) is 6.54 Å². The fourth-order valence-electron chi connectivity index (χ4n) is 1.85. The monoisotopic (exact) mass is 336 g/mol. The van der Waals surface area contributed by atoms with E-state index in [4.69, 9.17) is 4.52 Å². The van der Waals surface area contributed by atoms with Crippen molar-refractivity contribution in [3.05, 3.63) is 52.3 Å². The summed E-state index contributed by atoms with van der Waals surface area (Å²) in [5.74, 6) is 0.813. The first kappa shape index (κ1) is 14.6. The lowest BCUT2D eigenvalue weighted by Gasteiger charge is -2.21. The molecule has 1 aromatic carbocycles. The van der Waals surface area contributed by atoms with Crippen molar-refractivity contribution in [2.75, 3.05) is 14.1 Å². The van der Waals surface area contributed by atoms with Crippen LogP contribution in [0.2, 0.25) is 0 Å². The van der Waals surface area contributed by atoms with Gasteiger partial charge in [-0.05, 0) is 17.7 Å². The van der Waals surface area contributed by atoms with Crippen molar-refractivity contribution in [2.45, 2.75) is 13.1 Å². The summed E-state index contributed by atoms with van der Waals surface area (Å²) in [4.78, 5) is 6.26.